The van der Waals surface area contributed by atoms with Crippen molar-refractivity contribution in [3.8, 4) is 11.3 Å². The van der Waals surface area contributed by atoms with Crippen molar-refractivity contribution >= 4 is 16.9 Å². The Kier molecular flexibility index (Phi) is 3.63. The molecule has 0 spiro atoms. The average Bonchev–Trinajstić information content (AvgIpc) is 2.53. The summed E-state index contributed by atoms with van der Waals surface area (Å²) < 4.78 is 4.92. The van der Waals surface area contributed by atoms with Gasteiger partial charge >= 0.3 is 5.97 Å². The average molecular weight is 291 g/mol. The molecule has 3 aromatic rings. The minimum atomic E-state index is -0.343. The molecular weight excluding hydrogens is 274 g/mol. The molecule has 0 aliphatic carbocycles. The van der Waals surface area contributed by atoms with Gasteiger partial charge in [-0.25, -0.2) is 9.78 Å². The number of ether oxygens (including phenoxy) is 1. The van der Waals surface area contributed by atoms with Gasteiger partial charge in [-0.05, 0) is 31.5 Å². The molecule has 3 rings (SSSR count). The molecule has 110 valence electrons. The zero-order chi connectivity index (χ0) is 15.7. The minimum absolute atomic E-state index is 0.343. The molecule has 1 heterocycles. The SMILES string of the molecule is COC(=O)c1cc(-c2ccc(C)cc2C)nc2ccccc12. The molecule has 3 heteroatoms. The van der Waals surface area contributed by atoms with Crippen molar-refractivity contribution in [3.05, 3.63) is 65.2 Å². The number of fused-ring (bicyclic) bond motifs is 1. The molecule has 1 aromatic heterocycles. The maximum Gasteiger partial charge on any atom is 0.338 e. The fraction of sp³-hybridized carbons (Fsp3) is 0.158. The molecule has 0 bridgehead atoms. The number of aryl methyl sites for hydroxylation is 2. The summed E-state index contributed by atoms with van der Waals surface area (Å²) in [5.74, 6) is -0.343. The van der Waals surface area contributed by atoms with E-state index in [-0.39, 0.29) is 5.97 Å². The third-order valence-electron chi connectivity index (χ3n) is 3.78. The monoisotopic (exact) mass is 291 g/mol. The van der Waals surface area contributed by atoms with Crippen LogP contribution in [0.4, 0.5) is 0 Å². The third kappa shape index (κ3) is 2.46. The standard InChI is InChI=1S/C19H17NO2/c1-12-8-9-14(13(2)10-12)18-11-16(19(21)22-3)15-6-4-5-7-17(15)20-18/h4-11H,1-3H3. The van der Waals surface area contributed by atoms with Crippen LogP contribution in [-0.2, 0) is 4.74 Å². The van der Waals surface area contributed by atoms with Crippen LogP contribution in [0, 0.1) is 13.8 Å². The van der Waals surface area contributed by atoms with E-state index in [1.807, 2.05) is 36.4 Å². The normalized spacial score (nSPS) is 10.7. The number of hydrogen-bond donors (Lipinski definition) is 0. The molecule has 0 aliphatic rings. The quantitative estimate of drug-likeness (QED) is 0.661. The van der Waals surface area contributed by atoms with E-state index in [1.54, 1.807) is 0 Å². The van der Waals surface area contributed by atoms with Crippen LogP contribution >= 0.6 is 0 Å². The highest BCUT2D eigenvalue weighted by Crippen LogP contribution is 2.27. The highest BCUT2D eigenvalue weighted by molar-refractivity contribution is 6.04. The van der Waals surface area contributed by atoms with E-state index in [4.69, 9.17) is 9.72 Å². The van der Waals surface area contributed by atoms with E-state index in [9.17, 15) is 4.79 Å². The van der Waals surface area contributed by atoms with Gasteiger partial charge in [-0.3, -0.25) is 0 Å². The number of nitrogens with zero attached hydrogens (tertiary/aromatic N) is 1. The Morgan fingerprint density at radius 2 is 1.82 bits per heavy atom. The van der Waals surface area contributed by atoms with Gasteiger partial charge in [0.1, 0.15) is 0 Å². The fourth-order valence-electron chi connectivity index (χ4n) is 2.69. The first-order valence-corrected chi connectivity index (χ1v) is 7.16. The van der Waals surface area contributed by atoms with Gasteiger partial charge in [0.05, 0.1) is 23.9 Å². The molecule has 3 nitrogen and oxygen atoms in total. The zero-order valence-electron chi connectivity index (χ0n) is 12.9. The Hall–Kier alpha value is -2.68. The molecule has 0 saturated carbocycles. The van der Waals surface area contributed by atoms with Gasteiger partial charge < -0.3 is 4.74 Å². The summed E-state index contributed by atoms with van der Waals surface area (Å²) in [6.07, 6.45) is 0. The Labute approximate surface area is 129 Å². The van der Waals surface area contributed by atoms with Gasteiger partial charge in [0, 0.05) is 10.9 Å². The number of rotatable bonds is 2. The first-order valence-electron chi connectivity index (χ1n) is 7.16. The van der Waals surface area contributed by atoms with Gasteiger partial charge in [0.25, 0.3) is 0 Å². The highest BCUT2D eigenvalue weighted by Gasteiger charge is 2.14. The Morgan fingerprint density at radius 3 is 2.55 bits per heavy atom. The van der Waals surface area contributed by atoms with Crippen molar-refractivity contribution in [3.63, 3.8) is 0 Å². The highest BCUT2D eigenvalue weighted by atomic mass is 16.5. The van der Waals surface area contributed by atoms with Crippen molar-refractivity contribution in [2.45, 2.75) is 13.8 Å². The predicted octanol–water partition coefficient (Wildman–Crippen LogP) is 4.31. The van der Waals surface area contributed by atoms with Crippen LogP contribution in [0.2, 0.25) is 0 Å². The summed E-state index contributed by atoms with van der Waals surface area (Å²) >= 11 is 0. The lowest BCUT2D eigenvalue weighted by atomic mass is 9.99. The lowest BCUT2D eigenvalue weighted by Crippen LogP contribution is -2.04. The minimum Gasteiger partial charge on any atom is -0.465 e. The van der Waals surface area contributed by atoms with Gasteiger partial charge in [-0.1, -0.05) is 42.0 Å². The van der Waals surface area contributed by atoms with Crippen LogP contribution in [0.25, 0.3) is 22.2 Å². The second kappa shape index (κ2) is 5.60. The number of aromatic nitrogens is 1. The Bertz CT molecular complexity index is 868. The van der Waals surface area contributed by atoms with Crippen LogP contribution < -0.4 is 0 Å². The number of para-hydroxylation sites is 1. The Balaban J connectivity index is 2.29. The molecule has 2 aromatic carbocycles. The summed E-state index contributed by atoms with van der Waals surface area (Å²) in [5.41, 5.74) is 5.50. The van der Waals surface area contributed by atoms with Crippen molar-refractivity contribution in [1.29, 1.82) is 0 Å². The lowest BCUT2D eigenvalue weighted by molar-refractivity contribution is 0.0603. The second-order valence-electron chi connectivity index (χ2n) is 5.38. The van der Waals surface area contributed by atoms with Crippen molar-refractivity contribution < 1.29 is 9.53 Å². The number of methoxy groups -OCH3 is 1. The molecule has 0 aliphatic heterocycles. The van der Waals surface area contributed by atoms with Crippen LogP contribution in [0.5, 0.6) is 0 Å². The van der Waals surface area contributed by atoms with Crippen LogP contribution in [-0.4, -0.2) is 18.1 Å². The van der Waals surface area contributed by atoms with Crippen molar-refractivity contribution in [1.82, 2.24) is 4.98 Å². The molecule has 0 amide bonds. The Morgan fingerprint density at radius 1 is 1.05 bits per heavy atom. The van der Waals surface area contributed by atoms with Crippen LogP contribution in [0.15, 0.2) is 48.5 Å². The first kappa shape index (κ1) is 14.3. The molecule has 22 heavy (non-hydrogen) atoms. The summed E-state index contributed by atoms with van der Waals surface area (Å²) in [5, 5.41) is 0.808. The number of pyridine rings is 1. The van der Waals surface area contributed by atoms with E-state index in [0.29, 0.717) is 5.56 Å². The molecule has 0 saturated heterocycles. The molecule has 0 radical (unpaired) electrons. The summed E-state index contributed by atoms with van der Waals surface area (Å²) in [6, 6.07) is 15.6. The number of carbonyl (C=O) groups is 1. The maximum atomic E-state index is 12.1. The van der Waals surface area contributed by atoms with Gasteiger partial charge in [0.2, 0.25) is 0 Å². The first-order chi connectivity index (χ1) is 10.6. The number of hydrogen-bond acceptors (Lipinski definition) is 3. The lowest BCUT2D eigenvalue weighted by Gasteiger charge is -2.10. The van der Waals surface area contributed by atoms with E-state index >= 15 is 0 Å². The number of esters is 1. The maximum absolute atomic E-state index is 12.1. The van der Waals surface area contributed by atoms with E-state index in [2.05, 4.69) is 26.0 Å². The molecular formula is C19H17NO2. The summed E-state index contributed by atoms with van der Waals surface area (Å²) in [6.45, 7) is 4.11. The second-order valence-corrected chi connectivity index (χ2v) is 5.38. The van der Waals surface area contributed by atoms with E-state index < -0.39 is 0 Å². The van der Waals surface area contributed by atoms with Crippen molar-refractivity contribution in [2.75, 3.05) is 7.11 Å². The van der Waals surface area contributed by atoms with Crippen LogP contribution in [0.1, 0.15) is 21.5 Å². The topological polar surface area (TPSA) is 39.2 Å². The molecule has 0 fully saturated rings. The predicted molar refractivity (Wildman–Crippen MR) is 88.0 cm³/mol. The summed E-state index contributed by atoms with van der Waals surface area (Å²) in [7, 11) is 1.40. The fourth-order valence-corrected chi connectivity index (χ4v) is 2.69. The van der Waals surface area contributed by atoms with Gasteiger partial charge in [0.15, 0.2) is 0 Å². The number of benzene rings is 2. The molecule has 0 atom stereocenters. The molecule has 0 unspecified atom stereocenters. The smallest absolute Gasteiger partial charge is 0.338 e. The zero-order valence-corrected chi connectivity index (χ0v) is 12.9. The number of carbonyl (C=O) groups excluding carboxylic acids is 1. The largest absolute Gasteiger partial charge is 0.465 e. The van der Waals surface area contributed by atoms with Gasteiger partial charge in [-0.2, -0.15) is 0 Å². The van der Waals surface area contributed by atoms with Crippen LogP contribution in [0.3, 0.4) is 0 Å². The van der Waals surface area contributed by atoms with Crippen molar-refractivity contribution in [2.24, 2.45) is 0 Å². The van der Waals surface area contributed by atoms with E-state index in [1.165, 1.54) is 12.7 Å². The third-order valence-corrected chi connectivity index (χ3v) is 3.78. The summed E-state index contributed by atoms with van der Waals surface area (Å²) in [4.78, 5) is 16.8. The molecule has 0 N–H and O–H groups in total. The van der Waals surface area contributed by atoms with E-state index in [0.717, 1.165) is 27.7 Å². The van der Waals surface area contributed by atoms with Gasteiger partial charge in [-0.15, -0.1) is 0 Å².